The molecule has 0 aliphatic carbocycles. The summed E-state index contributed by atoms with van der Waals surface area (Å²) in [6.07, 6.45) is 2.30. The van der Waals surface area contributed by atoms with E-state index in [1.807, 2.05) is 43.3 Å². The number of terminal acetylenes is 1. The topological polar surface area (TPSA) is 99.4 Å². The molecule has 1 spiro atoms. The summed E-state index contributed by atoms with van der Waals surface area (Å²) in [5.74, 6) is 3.54. The highest BCUT2D eigenvalue weighted by molar-refractivity contribution is 8.00. The molecule has 0 aromatic heterocycles. The molecule has 5 atom stereocenters. The molecule has 31 heavy (non-hydrogen) atoms. The molecule has 6 nitrogen and oxygen atoms in total. The zero-order valence-electron chi connectivity index (χ0n) is 17.2. The van der Waals surface area contributed by atoms with Crippen LogP contribution in [0.1, 0.15) is 34.7 Å². The number of fused-ring (bicyclic) bond motifs is 2. The summed E-state index contributed by atoms with van der Waals surface area (Å²) >= 11 is 1.14. The zero-order chi connectivity index (χ0) is 22.2. The first kappa shape index (κ1) is 22.2. The molecule has 2 aromatic rings. The van der Waals surface area contributed by atoms with E-state index >= 15 is 0 Å². The largest absolute Gasteiger partial charge is 0.494 e. The summed E-state index contributed by atoms with van der Waals surface area (Å²) in [5.41, 5.74) is 4.23. The van der Waals surface area contributed by atoms with Crippen LogP contribution < -0.4 is 4.74 Å². The van der Waals surface area contributed by atoms with E-state index in [0.29, 0.717) is 18.6 Å². The number of benzene rings is 2. The first-order valence-corrected chi connectivity index (χ1v) is 11.1. The maximum absolute atomic E-state index is 10.9. The van der Waals surface area contributed by atoms with Gasteiger partial charge >= 0.3 is 0 Å². The smallest absolute Gasteiger partial charge is 0.168 e. The number of aliphatic hydroxyl groups is 4. The average Bonchev–Trinajstić information content (AvgIpc) is 3.14. The Bertz CT molecular complexity index is 983. The van der Waals surface area contributed by atoms with Crippen LogP contribution in [-0.4, -0.2) is 57.2 Å². The molecular weight excluding hydrogens is 416 g/mol. The van der Waals surface area contributed by atoms with Gasteiger partial charge in [-0.2, -0.15) is 0 Å². The molecule has 2 aliphatic rings. The van der Waals surface area contributed by atoms with Gasteiger partial charge in [0.05, 0.1) is 31.2 Å². The van der Waals surface area contributed by atoms with E-state index in [1.165, 1.54) is 0 Å². The van der Waals surface area contributed by atoms with Crippen molar-refractivity contribution in [3.05, 3.63) is 64.2 Å². The maximum Gasteiger partial charge on any atom is 0.168 e. The second-order valence-corrected chi connectivity index (χ2v) is 9.23. The lowest BCUT2D eigenvalue weighted by atomic mass is 9.89. The van der Waals surface area contributed by atoms with Gasteiger partial charge in [0.15, 0.2) is 4.93 Å². The molecule has 0 amide bonds. The van der Waals surface area contributed by atoms with Crippen molar-refractivity contribution in [2.75, 3.05) is 13.2 Å². The van der Waals surface area contributed by atoms with Gasteiger partial charge in [0.2, 0.25) is 0 Å². The van der Waals surface area contributed by atoms with Crippen molar-refractivity contribution < 1.29 is 29.9 Å². The Morgan fingerprint density at radius 1 is 1.19 bits per heavy atom. The van der Waals surface area contributed by atoms with Crippen LogP contribution in [0.15, 0.2) is 36.4 Å². The van der Waals surface area contributed by atoms with E-state index in [0.717, 1.165) is 39.8 Å². The van der Waals surface area contributed by atoms with E-state index in [2.05, 4.69) is 5.92 Å². The van der Waals surface area contributed by atoms with Crippen molar-refractivity contribution in [1.29, 1.82) is 0 Å². The standard InChI is InChI=1S/C24H26O6S/c1-3-15-10-17-13-30-24(23(28)22(27)21(26)20(12-25)31-24)19(17)11-16(15)9-14-5-7-18(8-6-14)29-4-2/h1,5-8,10-11,20-23,25-28H,4,9,12-13H2,2H3/t20-,21-,22+,23-,24+/m1/s1. The maximum atomic E-state index is 10.9. The molecule has 0 unspecified atom stereocenters. The summed E-state index contributed by atoms with van der Waals surface area (Å²) in [6.45, 7) is 2.41. The second kappa shape index (κ2) is 8.83. The summed E-state index contributed by atoms with van der Waals surface area (Å²) in [4.78, 5) is -1.28. The normalized spacial score (nSPS) is 29.5. The van der Waals surface area contributed by atoms with Crippen molar-refractivity contribution in [3.8, 4) is 18.1 Å². The highest BCUT2D eigenvalue weighted by Crippen LogP contribution is 2.54. The van der Waals surface area contributed by atoms with E-state index in [-0.39, 0.29) is 13.2 Å². The number of hydrogen-bond donors (Lipinski definition) is 4. The van der Waals surface area contributed by atoms with Gasteiger partial charge in [-0.3, -0.25) is 0 Å². The molecule has 2 aromatic carbocycles. The highest BCUT2D eigenvalue weighted by atomic mass is 32.2. The molecule has 0 bridgehead atoms. The number of thioether (sulfide) groups is 1. The molecule has 4 N–H and O–H groups in total. The lowest BCUT2D eigenvalue weighted by Gasteiger charge is -2.45. The Morgan fingerprint density at radius 2 is 1.94 bits per heavy atom. The number of rotatable bonds is 5. The average molecular weight is 443 g/mol. The Balaban J connectivity index is 1.71. The van der Waals surface area contributed by atoms with Crippen LogP contribution >= 0.6 is 11.8 Å². The van der Waals surface area contributed by atoms with Crippen LogP contribution in [0.4, 0.5) is 0 Å². The van der Waals surface area contributed by atoms with Gasteiger partial charge in [-0.25, -0.2) is 0 Å². The van der Waals surface area contributed by atoms with E-state index < -0.39 is 28.5 Å². The van der Waals surface area contributed by atoms with Crippen molar-refractivity contribution in [3.63, 3.8) is 0 Å². The van der Waals surface area contributed by atoms with Crippen LogP contribution in [0.2, 0.25) is 0 Å². The van der Waals surface area contributed by atoms with E-state index in [4.69, 9.17) is 15.9 Å². The number of aliphatic hydroxyl groups excluding tert-OH is 4. The molecule has 164 valence electrons. The van der Waals surface area contributed by atoms with Gasteiger partial charge in [0, 0.05) is 11.1 Å². The van der Waals surface area contributed by atoms with Crippen molar-refractivity contribution in [2.24, 2.45) is 0 Å². The predicted octanol–water partition coefficient (Wildman–Crippen LogP) is 1.53. The first-order valence-electron chi connectivity index (χ1n) is 10.2. The van der Waals surface area contributed by atoms with Crippen LogP contribution in [0.25, 0.3) is 0 Å². The zero-order valence-corrected chi connectivity index (χ0v) is 18.0. The minimum atomic E-state index is -1.44. The van der Waals surface area contributed by atoms with Gasteiger partial charge < -0.3 is 29.9 Å². The van der Waals surface area contributed by atoms with Crippen molar-refractivity contribution in [1.82, 2.24) is 0 Å². The molecule has 0 radical (unpaired) electrons. The molecule has 1 fully saturated rings. The highest BCUT2D eigenvalue weighted by Gasteiger charge is 2.57. The molecule has 0 saturated carbocycles. The van der Waals surface area contributed by atoms with Crippen LogP contribution in [-0.2, 0) is 22.7 Å². The Hall–Kier alpha value is -2.05. The van der Waals surface area contributed by atoms with E-state index in [1.54, 1.807) is 0 Å². The van der Waals surface area contributed by atoms with Crippen LogP contribution in [0.5, 0.6) is 5.75 Å². The Kier molecular flexibility index (Phi) is 6.31. The van der Waals surface area contributed by atoms with Crippen molar-refractivity contribution >= 4 is 11.8 Å². The monoisotopic (exact) mass is 442 g/mol. The summed E-state index contributed by atoms with van der Waals surface area (Å²) in [6, 6.07) is 11.6. The quantitative estimate of drug-likeness (QED) is 0.521. The third kappa shape index (κ3) is 3.85. The fourth-order valence-corrected chi connectivity index (χ4v) is 5.80. The van der Waals surface area contributed by atoms with E-state index in [9.17, 15) is 20.4 Å². The predicted molar refractivity (Wildman–Crippen MR) is 118 cm³/mol. The Morgan fingerprint density at radius 3 is 2.58 bits per heavy atom. The summed E-state index contributed by atoms with van der Waals surface area (Å²) in [7, 11) is 0. The van der Waals surface area contributed by atoms with Gasteiger partial charge in [-0.05, 0) is 54.3 Å². The molecule has 2 heterocycles. The van der Waals surface area contributed by atoms with Gasteiger partial charge in [-0.15, -0.1) is 18.2 Å². The first-order chi connectivity index (χ1) is 14.9. The minimum absolute atomic E-state index is 0.221. The van der Waals surface area contributed by atoms with Crippen molar-refractivity contribution in [2.45, 2.75) is 48.4 Å². The fraction of sp³-hybridized carbons (Fsp3) is 0.417. The molecule has 2 aliphatic heterocycles. The summed E-state index contributed by atoms with van der Waals surface area (Å²) < 4.78 is 11.5. The summed E-state index contributed by atoms with van der Waals surface area (Å²) in [5, 5.41) is 40.5. The molecular formula is C24H26O6S. The Labute approximate surface area is 185 Å². The third-order valence-corrected chi connectivity index (χ3v) is 7.54. The second-order valence-electron chi connectivity index (χ2n) is 7.79. The van der Waals surface area contributed by atoms with Gasteiger partial charge in [-0.1, -0.05) is 18.1 Å². The third-order valence-electron chi connectivity index (χ3n) is 5.88. The lowest BCUT2D eigenvalue weighted by Crippen LogP contribution is -2.58. The van der Waals surface area contributed by atoms with Gasteiger partial charge in [0.25, 0.3) is 0 Å². The number of ether oxygens (including phenoxy) is 2. The molecule has 7 heteroatoms. The van der Waals surface area contributed by atoms with Crippen LogP contribution in [0.3, 0.4) is 0 Å². The van der Waals surface area contributed by atoms with Gasteiger partial charge in [0.1, 0.15) is 18.0 Å². The lowest BCUT2D eigenvalue weighted by molar-refractivity contribution is -0.147. The molecule has 4 rings (SSSR count). The SMILES string of the molecule is C#Cc1cc2c(cc1Cc1ccc(OCC)cc1)[C@]1(OC2)S[C@H](CO)[C@@H](O)[C@H](O)[C@H]1O. The molecule has 1 saturated heterocycles. The van der Waals surface area contributed by atoms with Crippen LogP contribution in [0, 0.1) is 12.3 Å². The minimum Gasteiger partial charge on any atom is -0.494 e. The fourth-order valence-electron chi connectivity index (χ4n) is 4.25. The number of hydrogen-bond acceptors (Lipinski definition) is 7.